The number of carbonyl (C=O) groups excluding carboxylic acids is 1. The molecule has 0 aliphatic rings. The van der Waals surface area contributed by atoms with Gasteiger partial charge in [-0.25, -0.2) is 4.79 Å². The van der Waals surface area contributed by atoms with Crippen LogP contribution in [0.4, 0.5) is 0 Å². The Kier molecular flexibility index (Phi) is 7.91. The molecule has 0 bridgehead atoms. The van der Waals surface area contributed by atoms with Crippen LogP contribution in [0.15, 0.2) is 24.3 Å². The topological polar surface area (TPSA) is 65.0 Å². The number of benzene rings is 1. The van der Waals surface area contributed by atoms with Crippen LogP contribution in [0.2, 0.25) is 0 Å². The summed E-state index contributed by atoms with van der Waals surface area (Å²) in [5.41, 5.74) is 0.0897. The molecule has 0 saturated heterocycles. The zero-order chi connectivity index (χ0) is 16.4. The van der Waals surface area contributed by atoms with E-state index >= 15 is 0 Å². The summed E-state index contributed by atoms with van der Waals surface area (Å²) in [5.74, 6) is -2.24. The maximum Gasteiger partial charge on any atom is 0.346 e. The highest BCUT2D eigenvalue weighted by molar-refractivity contribution is 5.92. The molecular weight excluding hydrogens is 284 g/mol. The maximum atomic E-state index is 12.2. The standard InChI is InChI=1S/C17H26O5/c1-4-6-12-20-17(3,21-13-7-5-2)22-16(19)14-10-8-9-11-15(14)18/h8-11,18H,4-7,12-13H2,1-3H3. The highest BCUT2D eigenvalue weighted by Gasteiger charge is 2.32. The first-order chi connectivity index (χ1) is 10.5. The predicted molar refractivity (Wildman–Crippen MR) is 83.6 cm³/mol. The molecule has 0 spiro atoms. The average molecular weight is 310 g/mol. The lowest BCUT2D eigenvalue weighted by molar-refractivity contribution is -0.344. The van der Waals surface area contributed by atoms with Crippen molar-refractivity contribution in [2.75, 3.05) is 13.2 Å². The summed E-state index contributed by atoms with van der Waals surface area (Å²) in [6.45, 7) is 6.55. The number of phenolic OH excluding ortho intramolecular Hbond substituents is 1. The van der Waals surface area contributed by atoms with E-state index in [0.717, 1.165) is 25.7 Å². The van der Waals surface area contributed by atoms with E-state index in [1.165, 1.54) is 12.1 Å². The van der Waals surface area contributed by atoms with Crippen molar-refractivity contribution in [3.8, 4) is 5.75 Å². The van der Waals surface area contributed by atoms with Gasteiger partial charge in [0.15, 0.2) is 0 Å². The summed E-state index contributed by atoms with van der Waals surface area (Å²) in [4.78, 5) is 12.2. The molecule has 0 heterocycles. The summed E-state index contributed by atoms with van der Waals surface area (Å²) < 4.78 is 16.6. The van der Waals surface area contributed by atoms with Crippen molar-refractivity contribution >= 4 is 5.97 Å². The van der Waals surface area contributed by atoms with Gasteiger partial charge in [0.05, 0.1) is 13.2 Å². The van der Waals surface area contributed by atoms with Gasteiger partial charge in [0.1, 0.15) is 11.3 Å². The van der Waals surface area contributed by atoms with Gasteiger partial charge in [0.2, 0.25) is 0 Å². The van der Waals surface area contributed by atoms with Crippen molar-refractivity contribution in [2.24, 2.45) is 0 Å². The van der Waals surface area contributed by atoms with Crippen molar-refractivity contribution in [1.82, 2.24) is 0 Å². The molecule has 0 unspecified atom stereocenters. The normalized spacial score (nSPS) is 11.4. The molecular formula is C17H26O5. The molecule has 0 atom stereocenters. The van der Waals surface area contributed by atoms with Crippen molar-refractivity contribution in [2.45, 2.75) is 52.4 Å². The third-order valence-electron chi connectivity index (χ3n) is 3.13. The average Bonchev–Trinajstić information content (AvgIpc) is 2.48. The van der Waals surface area contributed by atoms with Crippen LogP contribution in [0.5, 0.6) is 5.75 Å². The first-order valence-electron chi connectivity index (χ1n) is 7.81. The first-order valence-corrected chi connectivity index (χ1v) is 7.81. The SMILES string of the molecule is CCCCOC(C)(OCCCC)OC(=O)c1ccccc1O. The molecule has 1 aromatic carbocycles. The first kappa shape index (κ1) is 18.5. The van der Waals surface area contributed by atoms with E-state index in [-0.39, 0.29) is 11.3 Å². The van der Waals surface area contributed by atoms with Gasteiger partial charge >= 0.3 is 11.9 Å². The minimum Gasteiger partial charge on any atom is -0.507 e. The fourth-order valence-electron chi connectivity index (χ4n) is 1.77. The Hall–Kier alpha value is -1.59. The van der Waals surface area contributed by atoms with Crippen LogP contribution in [-0.4, -0.2) is 30.3 Å². The lowest BCUT2D eigenvalue weighted by Gasteiger charge is -2.29. The van der Waals surface area contributed by atoms with Gasteiger partial charge in [-0.05, 0) is 25.0 Å². The molecule has 1 rings (SSSR count). The Balaban J connectivity index is 2.73. The van der Waals surface area contributed by atoms with Crippen LogP contribution in [0.1, 0.15) is 56.8 Å². The summed E-state index contributed by atoms with van der Waals surface area (Å²) in [6, 6.07) is 6.23. The number of hydrogen-bond donors (Lipinski definition) is 1. The largest absolute Gasteiger partial charge is 0.507 e. The van der Waals surface area contributed by atoms with E-state index in [0.29, 0.717) is 13.2 Å². The van der Waals surface area contributed by atoms with Gasteiger partial charge in [-0.15, -0.1) is 0 Å². The van der Waals surface area contributed by atoms with E-state index in [1.54, 1.807) is 19.1 Å². The van der Waals surface area contributed by atoms with Gasteiger partial charge < -0.3 is 19.3 Å². The van der Waals surface area contributed by atoms with Gasteiger partial charge in [0, 0.05) is 6.92 Å². The van der Waals surface area contributed by atoms with E-state index in [1.807, 2.05) is 13.8 Å². The number of unbranched alkanes of at least 4 members (excludes halogenated alkanes) is 2. The zero-order valence-corrected chi connectivity index (χ0v) is 13.6. The fraction of sp³-hybridized carbons (Fsp3) is 0.588. The molecule has 22 heavy (non-hydrogen) atoms. The fourth-order valence-corrected chi connectivity index (χ4v) is 1.77. The van der Waals surface area contributed by atoms with Gasteiger partial charge in [-0.3, -0.25) is 0 Å². The highest BCUT2D eigenvalue weighted by Crippen LogP contribution is 2.22. The van der Waals surface area contributed by atoms with Crippen LogP contribution < -0.4 is 0 Å². The monoisotopic (exact) mass is 310 g/mol. The third-order valence-corrected chi connectivity index (χ3v) is 3.13. The third kappa shape index (κ3) is 6.03. The van der Waals surface area contributed by atoms with Crippen LogP contribution in [0.3, 0.4) is 0 Å². The molecule has 5 nitrogen and oxygen atoms in total. The van der Waals surface area contributed by atoms with Crippen LogP contribution in [-0.2, 0) is 14.2 Å². The Labute approximate surface area is 132 Å². The number of rotatable bonds is 10. The molecule has 0 fully saturated rings. The number of esters is 1. The molecule has 0 saturated carbocycles. The van der Waals surface area contributed by atoms with Crippen molar-refractivity contribution in [3.05, 3.63) is 29.8 Å². The van der Waals surface area contributed by atoms with Crippen LogP contribution in [0.25, 0.3) is 0 Å². The lowest BCUT2D eigenvalue weighted by atomic mass is 10.2. The summed E-state index contributed by atoms with van der Waals surface area (Å²) in [7, 11) is 0. The van der Waals surface area contributed by atoms with Gasteiger partial charge in [-0.1, -0.05) is 38.8 Å². The summed E-state index contributed by atoms with van der Waals surface area (Å²) in [6.07, 6.45) is 3.64. The number of phenols is 1. The van der Waals surface area contributed by atoms with E-state index in [9.17, 15) is 9.90 Å². The Morgan fingerprint density at radius 1 is 1.09 bits per heavy atom. The molecule has 0 aliphatic carbocycles. The molecule has 0 aliphatic heterocycles. The Morgan fingerprint density at radius 2 is 1.64 bits per heavy atom. The second-order valence-corrected chi connectivity index (χ2v) is 5.17. The van der Waals surface area contributed by atoms with Crippen molar-refractivity contribution in [1.29, 1.82) is 0 Å². The number of para-hydroxylation sites is 1. The van der Waals surface area contributed by atoms with Gasteiger partial charge in [-0.2, -0.15) is 0 Å². The Morgan fingerprint density at radius 3 is 2.14 bits per heavy atom. The van der Waals surface area contributed by atoms with E-state index in [2.05, 4.69) is 0 Å². The van der Waals surface area contributed by atoms with Crippen LogP contribution in [0, 0.1) is 0 Å². The minimum absolute atomic E-state index is 0.0897. The maximum absolute atomic E-state index is 12.2. The summed E-state index contributed by atoms with van der Waals surface area (Å²) >= 11 is 0. The Bertz CT molecular complexity index is 448. The number of aromatic hydroxyl groups is 1. The van der Waals surface area contributed by atoms with Gasteiger partial charge in [0.25, 0.3) is 0 Å². The number of hydrogen-bond acceptors (Lipinski definition) is 5. The molecule has 0 aromatic heterocycles. The molecule has 5 heteroatoms. The molecule has 0 radical (unpaired) electrons. The molecule has 1 N–H and O–H groups in total. The predicted octanol–water partition coefficient (Wildman–Crippen LogP) is 3.86. The zero-order valence-electron chi connectivity index (χ0n) is 13.6. The minimum atomic E-state index is -1.44. The quantitative estimate of drug-likeness (QED) is 0.404. The second kappa shape index (κ2) is 9.43. The number of carbonyl (C=O) groups is 1. The summed E-state index contributed by atoms with van der Waals surface area (Å²) in [5, 5.41) is 9.72. The second-order valence-electron chi connectivity index (χ2n) is 5.17. The van der Waals surface area contributed by atoms with Crippen LogP contribution >= 0.6 is 0 Å². The number of ether oxygens (including phenoxy) is 3. The molecule has 0 amide bonds. The van der Waals surface area contributed by atoms with Crippen molar-refractivity contribution in [3.63, 3.8) is 0 Å². The smallest absolute Gasteiger partial charge is 0.346 e. The molecule has 1 aromatic rings. The van der Waals surface area contributed by atoms with E-state index < -0.39 is 11.9 Å². The van der Waals surface area contributed by atoms with Crippen molar-refractivity contribution < 1.29 is 24.1 Å². The molecule has 124 valence electrons. The lowest BCUT2D eigenvalue weighted by Crippen LogP contribution is -2.38. The van der Waals surface area contributed by atoms with E-state index in [4.69, 9.17) is 14.2 Å². The highest BCUT2D eigenvalue weighted by atomic mass is 16.9.